The Morgan fingerprint density at radius 2 is 1.84 bits per heavy atom. The minimum absolute atomic E-state index is 0.0434. The maximum absolute atomic E-state index is 13.8. The molecule has 1 fully saturated rings. The number of carbonyl (C=O) groups is 3. The number of imidazole rings is 1. The lowest BCUT2D eigenvalue weighted by molar-refractivity contribution is -0.133. The molecule has 2 heterocycles. The number of nitrogens with one attached hydrogen (secondary N) is 2. The summed E-state index contributed by atoms with van der Waals surface area (Å²) in [5.41, 5.74) is 0.924. The van der Waals surface area contributed by atoms with Gasteiger partial charge in [0, 0.05) is 29.0 Å². The van der Waals surface area contributed by atoms with E-state index < -0.39 is 11.4 Å². The number of rotatable bonds is 8. The number of halogens is 1. The SMILES string of the molecule is CSc1ccc(CNC(=O)c2ncn3c2C(=O)N(C2CC2)[C@@](C)(C(=O)NCc2ccccc2Cl)C3)cc1. The fourth-order valence-corrected chi connectivity index (χ4v) is 5.35. The van der Waals surface area contributed by atoms with Crippen LogP contribution in [0.2, 0.25) is 5.02 Å². The van der Waals surface area contributed by atoms with Crippen molar-refractivity contribution in [1.82, 2.24) is 25.1 Å². The maximum atomic E-state index is 13.8. The van der Waals surface area contributed by atoms with Crippen LogP contribution in [0.15, 0.2) is 59.8 Å². The third-order valence-electron chi connectivity index (χ3n) is 6.89. The zero-order valence-electron chi connectivity index (χ0n) is 20.7. The molecule has 1 atom stereocenters. The third kappa shape index (κ3) is 4.98. The van der Waals surface area contributed by atoms with Gasteiger partial charge in [-0.2, -0.15) is 0 Å². The summed E-state index contributed by atoms with van der Waals surface area (Å²) in [5.74, 6) is -1.04. The molecular weight excluding hydrogens is 510 g/mol. The number of hydrogen-bond donors (Lipinski definition) is 2. The molecule has 0 bridgehead atoms. The molecule has 2 aliphatic rings. The van der Waals surface area contributed by atoms with Gasteiger partial charge in [0.1, 0.15) is 11.2 Å². The normalized spacial score (nSPS) is 18.9. The van der Waals surface area contributed by atoms with E-state index >= 15 is 0 Å². The third-order valence-corrected chi connectivity index (χ3v) is 8.01. The molecule has 10 heteroatoms. The number of hydrogen-bond acceptors (Lipinski definition) is 5. The van der Waals surface area contributed by atoms with Gasteiger partial charge in [-0.25, -0.2) is 4.98 Å². The minimum atomic E-state index is -1.13. The average Bonchev–Trinajstić information content (AvgIpc) is 3.64. The number of benzene rings is 2. The summed E-state index contributed by atoms with van der Waals surface area (Å²) in [6.07, 6.45) is 5.12. The zero-order valence-corrected chi connectivity index (χ0v) is 22.2. The maximum Gasteiger partial charge on any atom is 0.274 e. The van der Waals surface area contributed by atoms with E-state index in [1.807, 2.05) is 48.7 Å². The van der Waals surface area contributed by atoms with Crippen LogP contribution in [-0.2, 0) is 24.4 Å². The summed E-state index contributed by atoms with van der Waals surface area (Å²) < 4.78 is 1.62. The summed E-state index contributed by atoms with van der Waals surface area (Å²) in [6, 6.07) is 15.2. The highest BCUT2D eigenvalue weighted by Crippen LogP contribution is 2.39. The fourth-order valence-electron chi connectivity index (χ4n) is 4.74. The van der Waals surface area contributed by atoms with Gasteiger partial charge in [0.15, 0.2) is 5.69 Å². The van der Waals surface area contributed by atoms with E-state index in [1.54, 1.807) is 34.2 Å². The number of amides is 3. The second-order valence-corrected chi connectivity index (χ2v) is 10.8. The van der Waals surface area contributed by atoms with Crippen LogP contribution in [0.25, 0.3) is 0 Å². The first kappa shape index (κ1) is 25.4. The lowest BCUT2D eigenvalue weighted by Crippen LogP contribution is -2.64. The summed E-state index contributed by atoms with van der Waals surface area (Å²) in [6.45, 7) is 2.55. The molecule has 1 saturated carbocycles. The molecule has 1 aromatic heterocycles. The molecule has 3 aromatic rings. The molecular formula is C27H28ClN5O3S. The van der Waals surface area contributed by atoms with Crippen LogP contribution in [0.4, 0.5) is 0 Å². The Bertz CT molecular complexity index is 1350. The molecule has 0 spiro atoms. The molecule has 2 aromatic carbocycles. The van der Waals surface area contributed by atoms with Crippen molar-refractivity contribution in [3.8, 4) is 0 Å². The quantitative estimate of drug-likeness (QED) is 0.425. The van der Waals surface area contributed by atoms with E-state index in [1.165, 1.54) is 6.33 Å². The smallest absolute Gasteiger partial charge is 0.274 e. The first-order valence-corrected chi connectivity index (χ1v) is 13.7. The summed E-state index contributed by atoms with van der Waals surface area (Å²) in [4.78, 5) is 47.4. The van der Waals surface area contributed by atoms with Crippen molar-refractivity contribution in [1.29, 1.82) is 0 Å². The Labute approximate surface area is 224 Å². The van der Waals surface area contributed by atoms with E-state index in [-0.39, 0.29) is 42.3 Å². The van der Waals surface area contributed by atoms with Crippen molar-refractivity contribution in [2.75, 3.05) is 6.26 Å². The molecule has 0 saturated heterocycles. The topological polar surface area (TPSA) is 96.3 Å². The molecule has 1 aliphatic carbocycles. The van der Waals surface area contributed by atoms with Crippen LogP contribution in [0, 0.1) is 0 Å². The van der Waals surface area contributed by atoms with E-state index in [0.717, 1.165) is 28.9 Å². The first-order chi connectivity index (χ1) is 17.8. The van der Waals surface area contributed by atoms with E-state index in [2.05, 4.69) is 15.6 Å². The summed E-state index contributed by atoms with van der Waals surface area (Å²) in [7, 11) is 0. The van der Waals surface area contributed by atoms with Crippen LogP contribution in [0.3, 0.4) is 0 Å². The monoisotopic (exact) mass is 537 g/mol. The molecule has 8 nitrogen and oxygen atoms in total. The molecule has 3 amide bonds. The molecule has 0 radical (unpaired) electrons. The van der Waals surface area contributed by atoms with Crippen LogP contribution in [0.5, 0.6) is 0 Å². The fraction of sp³-hybridized carbons (Fsp3) is 0.333. The Hall–Kier alpha value is -3.30. The highest BCUT2D eigenvalue weighted by Gasteiger charge is 2.53. The predicted octanol–water partition coefficient (Wildman–Crippen LogP) is 3.88. The molecule has 37 heavy (non-hydrogen) atoms. The van der Waals surface area contributed by atoms with Crippen molar-refractivity contribution in [3.63, 3.8) is 0 Å². The molecule has 2 N–H and O–H groups in total. The Morgan fingerprint density at radius 3 is 2.51 bits per heavy atom. The van der Waals surface area contributed by atoms with Gasteiger partial charge >= 0.3 is 0 Å². The minimum Gasteiger partial charge on any atom is -0.350 e. The van der Waals surface area contributed by atoms with Gasteiger partial charge in [0.2, 0.25) is 5.91 Å². The lowest BCUT2D eigenvalue weighted by atomic mass is 9.93. The van der Waals surface area contributed by atoms with Crippen LogP contribution < -0.4 is 10.6 Å². The summed E-state index contributed by atoms with van der Waals surface area (Å²) >= 11 is 7.90. The van der Waals surface area contributed by atoms with Gasteiger partial charge in [-0.15, -0.1) is 11.8 Å². The standard InChI is InChI=1S/C27H28ClN5O3S/c1-27(26(36)30-14-18-5-3-4-6-21(18)28)15-32-16-31-22(23(32)25(35)33(27)19-9-10-19)24(34)29-13-17-7-11-20(37-2)12-8-17/h3-8,11-12,16,19H,9-10,13-15H2,1-2H3,(H,29,34)(H,30,36)/t27-/m1/s1. The van der Waals surface area contributed by atoms with Gasteiger partial charge < -0.3 is 20.1 Å². The van der Waals surface area contributed by atoms with Crippen molar-refractivity contribution >= 4 is 41.1 Å². The number of carbonyl (C=O) groups excluding carboxylic acids is 3. The van der Waals surface area contributed by atoms with E-state index in [4.69, 9.17) is 11.6 Å². The zero-order chi connectivity index (χ0) is 26.2. The van der Waals surface area contributed by atoms with Crippen molar-refractivity contribution in [2.45, 2.75) is 55.9 Å². The highest BCUT2D eigenvalue weighted by molar-refractivity contribution is 7.98. The second kappa shape index (κ2) is 10.2. The number of fused-ring (bicyclic) bond motifs is 1. The Kier molecular flexibility index (Phi) is 7.00. The number of thioether (sulfide) groups is 1. The van der Waals surface area contributed by atoms with Gasteiger partial charge in [-0.05, 0) is 55.3 Å². The van der Waals surface area contributed by atoms with Crippen LogP contribution >= 0.6 is 23.4 Å². The predicted molar refractivity (Wildman–Crippen MR) is 143 cm³/mol. The van der Waals surface area contributed by atoms with Crippen LogP contribution in [0.1, 0.15) is 51.9 Å². The van der Waals surface area contributed by atoms with Gasteiger partial charge in [0.05, 0.1) is 12.9 Å². The molecule has 5 rings (SSSR count). The first-order valence-electron chi connectivity index (χ1n) is 12.1. The van der Waals surface area contributed by atoms with Crippen molar-refractivity contribution in [3.05, 3.63) is 82.4 Å². The number of aromatic nitrogens is 2. The molecule has 0 unspecified atom stereocenters. The Balaban J connectivity index is 1.34. The second-order valence-electron chi connectivity index (χ2n) is 9.55. The average molecular weight is 538 g/mol. The summed E-state index contributed by atoms with van der Waals surface area (Å²) in [5, 5.41) is 6.40. The van der Waals surface area contributed by atoms with Crippen molar-refractivity contribution < 1.29 is 14.4 Å². The van der Waals surface area contributed by atoms with E-state index in [0.29, 0.717) is 11.6 Å². The van der Waals surface area contributed by atoms with E-state index in [9.17, 15) is 14.4 Å². The number of nitrogens with zero attached hydrogens (tertiary/aromatic N) is 3. The lowest BCUT2D eigenvalue weighted by Gasteiger charge is -2.44. The highest BCUT2D eigenvalue weighted by atomic mass is 35.5. The van der Waals surface area contributed by atoms with Gasteiger partial charge in [-0.3, -0.25) is 14.4 Å². The Morgan fingerprint density at radius 1 is 1.11 bits per heavy atom. The molecule has 192 valence electrons. The van der Waals surface area contributed by atoms with Gasteiger partial charge in [0.25, 0.3) is 11.8 Å². The van der Waals surface area contributed by atoms with Gasteiger partial charge in [-0.1, -0.05) is 41.9 Å². The molecule has 1 aliphatic heterocycles. The van der Waals surface area contributed by atoms with Crippen LogP contribution in [-0.4, -0.2) is 50.0 Å². The largest absolute Gasteiger partial charge is 0.350 e. The van der Waals surface area contributed by atoms with Crippen molar-refractivity contribution in [2.24, 2.45) is 0 Å².